The highest BCUT2D eigenvalue weighted by atomic mass is 16.3. The van der Waals surface area contributed by atoms with Gasteiger partial charge in [0.25, 0.3) is 0 Å². The second-order valence-electron chi connectivity index (χ2n) is 8.94. The zero-order valence-corrected chi connectivity index (χ0v) is 19.0. The summed E-state index contributed by atoms with van der Waals surface area (Å²) < 4.78 is 2.08. The number of aliphatic hydroxyl groups excluding tert-OH is 1. The predicted octanol–water partition coefficient (Wildman–Crippen LogP) is 3.02. The first-order valence-corrected chi connectivity index (χ1v) is 11.2. The fourth-order valence-corrected chi connectivity index (χ4v) is 4.70. The molecule has 2 aromatic carbocycles. The van der Waals surface area contributed by atoms with E-state index in [1.165, 1.54) is 5.52 Å². The first kappa shape index (κ1) is 22.2. The third-order valence-electron chi connectivity index (χ3n) is 6.54. The monoisotopic (exact) mass is 433 g/mol. The van der Waals surface area contributed by atoms with Crippen LogP contribution in [0.3, 0.4) is 0 Å². The van der Waals surface area contributed by atoms with Crippen LogP contribution in [0.5, 0.6) is 0 Å². The van der Waals surface area contributed by atoms with E-state index in [0.29, 0.717) is 25.1 Å². The number of aryl methyl sites for hydroxylation is 1. The van der Waals surface area contributed by atoms with Crippen LogP contribution < -0.4 is 0 Å². The second-order valence-corrected chi connectivity index (χ2v) is 8.94. The van der Waals surface area contributed by atoms with E-state index in [2.05, 4.69) is 47.6 Å². The molecule has 2 atom stereocenters. The minimum Gasteiger partial charge on any atom is -0.388 e. The van der Waals surface area contributed by atoms with Crippen molar-refractivity contribution in [1.82, 2.24) is 14.4 Å². The number of Topliss-reactive ketones (excluding diaryl/α,β-unsaturated/α-hetero) is 1. The molecule has 0 saturated carbocycles. The number of fused-ring (bicyclic) bond motifs is 1. The largest absolute Gasteiger partial charge is 0.388 e. The Morgan fingerprint density at radius 1 is 0.969 bits per heavy atom. The van der Waals surface area contributed by atoms with Gasteiger partial charge in [0.1, 0.15) is 6.61 Å². The van der Waals surface area contributed by atoms with Crippen molar-refractivity contribution in [3.63, 3.8) is 0 Å². The average molecular weight is 434 g/mol. The lowest BCUT2D eigenvalue weighted by Gasteiger charge is -2.44. The highest BCUT2D eigenvalue weighted by Crippen LogP contribution is 2.22. The van der Waals surface area contributed by atoms with E-state index < -0.39 is 6.61 Å². The van der Waals surface area contributed by atoms with Crippen molar-refractivity contribution in [1.29, 1.82) is 0 Å². The van der Waals surface area contributed by atoms with Crippen LogP contribution in [0.4, 0.5) is 0 Å². The molecule has 2 heterocycles. The molecular formula is C26H31N3O3. The van der Waals surface area contributed by atoms with Crippen molar-refractivity contribution >= 4 is 22.6 Å². The van der Waals surface area contributed by atoms with Crippen LogP contribution in [0.2, 0.25) is 0 Å². The Labute approximate surface area is 189 Å². The maximum Gasteiger partial charge on any atom is 0.227 e. The third kappa shape index (κ3) is 4.61. The molecule has 0 radical (unpaired) electrons. The van der Waals surface area contributed by atoms with Gasteiger partial charge < -0.3 is 14.6 Å². The van der Waals surface area contributed by atoms with E-state index in [9.17, 15) is 9.59 Å². The molecule has 1 aliphatic rings. The van der Waals surface area contributed by atoms with Crippen molar-refractivity contribution in [2.45, 2.75) is 38.9 Å². The van der Waals surface area contributed by atoms with Crippen molar-refractivity contribution in [3.05, 3.63) is 71.4 Å². The number of hydrogen-bond donors (Lipinski definition) is 1. The summed E-state index contributed by atoms with van der Waals surface area (Å²) in [7, 11) is 2.03. The quantitative estimate of drug-likeness (QED) is 0.607. The van der Waals surface area contributed by atoms with Crippen LogP contribution >= 0.6 is 0 Å². The highest BCUT2D eigenvalue weighted by Gasteiger charge is 2.31. The molecular weight excluding hydrogens is 402 g/mol. The van der Waals surface area contributed by atoms with Gasteiger partial charge in [-0.3, -0.25) is 14.5 Å². The summed E-state index contributed by atoms with van der Waals surface area (Å²) >= 11 is 0. The number of ketones is 1. The van der Waals surface area contributed by atoms with Gasteiger partial charge in [-0.25, -0.2) is 0 Å². The smallest absolute Gasteiger partial charge is 0.227 e. The Hall–Kier alpha value is -2.96. The summed E-state index contributed by atoms with van der Waals surface area (Å²) in [5, 5.41) is 10.2. The fourth-order valence-electron chi connectivity index (χ4n) is 4.70. The molecule has 0 spiro atoms. The van der Waals surface area contributed by atoms with Gasteiger partial charge >= 0.3 is 0 Å². The molecule has 1 N–H and O–H groups in total. The zero-order valence-electron chi connectivity index (χ0n) is 19.0. The minimum atomic E-state index is -0.470. The molecule has 4 rings (SSSR count). The summed E-state index contributed by atoms with van der Waals surface area (Å²) in [5.74, 6) is -0.0951. The molecule has 6 nitrogen and oxygen atoms in total. The molecule has 3 aromatic rings. The summed E-state index contributed by atoms with van der Waals surface area (Å²) in [6, 6.07) is 16.2. The van der Waals surface area contributed by atoms with Gasteiger partial charge in [0.05, 0.1) is 6.42 Å². The third-order valence-corrected chi connectivity index (χ3v) is 6.54. The fraction of sp³-hybridized carbons (Fsp3) is 0.385. The van der Waals surface area contributed by atoms with Gasteiger partial charge in [0.2, 0.25) is 5.91 Å². The average Bonchev–Trinajstić information content (AvgIpc) is 3.16. The minimum absolute atomic E-state index is 0.172. The van der Waals surface area contributed by atoms with Gasteiger partial charge in [-0.2, -0.15) is 0 Å². The number of aliphatic hydroxyl groups is 1. The van der Waals surface area contributed by atoms with Crippen LogP contribution in [0, 0.1) is 0 Å². The van der Waals surface area contributed by atoms with E-state index >= 15 is 0 Å². The van der Waals surface area contributed by atoms with Crippen LogP contribution in [0.15, 0.2) is 54.7 Å². The van der Waals surface area contributed by atoms with E-state index in [1.54, 1.807) is 12.1 Å². The Kier molecular flexibility index (Phi) is 6.44. The lowest BCUT2D eigenvalue weighted by molar-refractivity contribution is -0.135. The molecule has 6 heteroatoms. The number of carbonyl (C=O) groups is 2. The van der Waals surface area contributed by atoms with Gasteiger partial charge in [-0.1, -0.05) is 30.3 Å². The first-order valence-electron chi connectivity index (χ1n) is 11.2. The van der Waals surface area contributed by atoms with Gasteiger partial charge in [0, 0.05) is 56.0 Å². The Bertz CT molecular complexity index is 1110. The van der Waals surface area contributed by atoms with Crippen molar-refractivity contribution in [2.75, 3.05) is 19.7 Å². The highest BCUT2D eigenvalue weighted by molar-refractivity contribution is 5.96. The number of benzene rings is 2. The number of amides is 1. The SMILES string of the molecule is C[C@@H]1CN(C(=O)Cc2ccc3c(ccn3C)c2)C[C@H](C)N1Cc1ccc(C(=O)CO)cc1. The lowest BCUT2D eigenvalue weighted by Crippen LogP contribution is -2.57. The molecule has 1 aromatic heterocycles. The van der Waals surface area contributed by atoms with Crippen LogP contribution in [0.1, 0.15) is 35.3 Å². The standard InChI is InChI=1S/C26H31N3O3/c1-18-14-28(26(32)13-21-6-9-24-23(12-21)10-11-27(24)3)15-19(2)29(18)16-20-4-7-22(8-5-20)25(31)17-30/h4-12,18-19,30H,13-17H2,1-3H3/t18-,19+. The van der Waals surface area contributed by atoms with E-state index in [-0.39, 0.29) is 23.8 Å². The molecule has 168 valence electrons. The lowest BCUT2D eigenvalue weighted by atomic mass is 10.0. The van der Waals surface area contributed by atoms with E-state index in [4.69, 9.17) is 5.11 Å². The summed E-state index contributed by atoms with van der Waals surface area (Å²) in [5.41, 5.74) is 3.87. The van der Waals surface area contributed by atoms with E-state index in [0.717, 1.165) is 23.1 Å². The number of hydrogen-bond acceptors (Lipinski definition) is 4. The Morgan fingerprint density at radius 3 is 2.28 bits per heavy atom. The Balaban J connectivity index is 1.38. The van der Waals surface area contributed by atoms with Gasteiger partial charge in [-0.15, -0.1) is 0 Å². The van der Waals surface area contributed by atoms with Crippen molar-refractivity contribution < 1.29 is 14.7 Å². The molecule has 0 bridgehead atoms. The molecule has 32 heavy (non-hydrogen) atoms. The summed E-state index contributed by atoms with van der Waals surface area (Å²) in [6.45, 7) is 6.03. The maximum absolute atomic E-state index is 13.0. The van der Waals surface area contributed by atoms with Gasteiger partial charge in [-0.05, 0) is 48.6 Å². The molecule has 0 aliphatic carbocycles. The van der Waals surface area contributed by atoms with Crippen molar-refractivity contribution in [3.8, 4) is 0 Å². The number of aromatic nitrogens is 1. The normalized spacial score (nSPS) is 19.4. The molecule has 1 amide bonds. The first-order chi connectivity index (χ1) is 15.4. The molecule has 0 unspecified atom stereocenters. The van der Waals surface area contributed by atoms with Crippen LogP contribution in [-0.4, -0.2) is 62.9 Å². The number of rotatable bonds is 6. The molecule has 1 fully saturated rings. The topological polar surface area (TPSA) is 65.8 Å². The second kappa shape index (κ2) is 9.27. The predicted molar refractivity (Wildman–Crippen MR) is 126 cm³/mol. The molecule has 1 aliphatic heterocycles. The zero-order chi connectivity index (χ0) is 22.8. The van der Waals surface area contributed by atoms with Crippen LogP contribution in [0.25, 0.3) is 10.9 Å². The number of piperazine rings is 1. The number of carbonyl (C=O) groups excluding carboxylic acids is 2. The summed E-state index contributed by atoms with van der Waals surface area (Å²) in [4.78, 5) is 29.1. The Morgan fingerprint density at radius 2 is 1.62 bits per heavy atom. The van der Waals surface area contributed by atoms with Gasteiger partial charge in [0.15, 0.2) is 5.78 Å². The molecule has 1 saturated heterocycles. The van der Waals surface area contributed by atoms with Crippen molar-refractivity contribution in [2.24, 2.45) is 7.05 Å². The maximum atomic E-state index is 13.0. The number of nitrogens with zero attached hydrogens (tertiary/aromatic N) is 3. The summed E-state index contributed by atoms with van der Waals surface area (Å²) in [6.07, 6.45) is 2.46. The van der Waals surface area contributed by atoms with E-state index in [1.807, 2.05) is 30.3 Å². The van der Waals surface area contributed by atoms with Crippen LogP contribution in [-0.2, 0) is 24.8 Å².